The molecule has 0 aliphatic carbocycles. The Morgan fingerprint density at radius 3 is 2.10 bits per heavy atom. The van der Waals surface area contributed by atoms with Crippen LogP contribution in [-0.4, -0.2) is 108 Å². The van der Waals surface area contributed by atoms with Crippen molar-refractivity contribution in [3.05, 3.63) is 11.6 Å². The van der Waals surface area contributed by atoms with Gasteiger partial charge in [0, 0.05) is 32.0 Å². The van der Waals surface area contributed by atoms with Crippen LogP contribution in [0.15, 0.2) is 11.6 Å². The Kier molecular flexibility index (Phi) is 15.3. The standard InChI is InChI=1S/C37H63N5O7/c1-22(2)19-28-36(48)49-29(37(8,9)10)20-24(5)15-13-16-25(6)34(46)42-18-14-17-27(42)32(44)39-31(23(3)4)33(45)38-21-30(43)40(11)26(7)35(47)41(28)12/h20,22-23,25-29,31H,13-19,21H2,1-12H3,(H,38,45)(H,39,44). The van der Waals surface area contributed by atoms with Gasteiger partial charge in [-0.15, -0.1) is 0 Å². The number of hydrogen-bond donors (Lipinski definition) is 2. The minimum atomic E-state index is -0.933. The molecule has 278 valence electrons. The van der Waals surface area contributed by atoms with Gasteiger partial charge in [0.2, 0.25) is 29.5 Å². The fraction of sp³-hybridized carbons (Fsp3) is 0.784. The van der Waals surface area contributed by atoms with Gasteiger partial charge >= 0.3 is 5.97 Å². The summed E-state index contributed by atoms with van der Waals surface area (Å²) in [6.07, 6.45) is 5.02. The molecule has 5 amide bonds. The van der Waals surface area contributed by atoms with E-state index in [4.69, 9.17) is 4.74 Å². The molecule has 2 N–H and O–H groups in total. The number of nitrogens with one attached hydrogen (secondary N) is 2. The highest BCUT2D eigenvalue weighted by Gasteiger charge is 2.39. The fourth-order valence-electron chi connectivity index (χ4n) is 6.27. The highest BCUT2D eigenvalue weighted by Crippen LogP contribution is 2.28. The summed E-state index contributed by atoms with van der Waals surface area (Å²) < 4.78 is 6.14. The molecule has 2 heterocycles. The summed E-state index contributed by atoms with van der Waals surface area (Å²) in [7, 11) is 3.02. The van der Waals surface area contributed by atoms with Crippen LogP contribution in [0.5, 0.6) is 0 Å². The van der Waals surface area contributed by atoms with Gasteiger partial charge in [0.15, 0.2) is 0 Å². The predicted molar refractivity (Wildman–Crippen MR) is 189 cm³/mol. The number of cyclic esters (lactones) is 1. The number of esters is 1. The molecule has 12 nitrogen and oxygen atoms in total. The Morgan fingerprint density at radius 1 is 0.898 bits per heavy atom. The second-order valence-electron chi connectivity index (χ2n) is 15.9. The number of carbonyl (C=O) groups excluding carboxylic acids is 6. The van der Waals surface area contributed by atoms with E-state index in [1.807, 2.05) is 54.5 Å². The van der Waals surface area contributed by atoms with Gasteiger partial charge in [0.1, 0.15) is 30.3 Å². The summed E-state index contributed by atoms with van der Waals surface area (Å²) in [5, 5.41) is 5.46. The van der Waals surface area contributed by atoms with Crippen molar-refractivity contribution in [1.29, 1.82) is 0 Å². The lowest BCUT2D eigenvalue weighted by Gasteiger charge is -2.35. The van der Waals surface area contributed by atoms with E-state index in [0.29, 0.717) is 38.6 Å². The first kappa shape index (κ1) is 41.7. The highest BCUT2D eigenvalue weighted by molar-refractivity contribution is 5.95. The number of hydrogen-bond acceptors (Lipinski definition) is 7. The maximum atomic E-state index is 13.8. The molecule has 2 aliphatic heterocycles. The number of ether oxygens (including phenoxy) is 1. The zero-order valence-corrected chi connectivity index (χ0v) is 32.1. The Labute approximate surface area is 294 Å². The summed E-state index contributed by atoms with van der Waals surface area (Å²) in [6.45, 7) is 19.0. The topological polar surface area (TPSA) is 145 Å². The second-order valence-corrected chi connectivity index (χ2v) is 15.9. The van der Waals surface area contributed by atoms with Crippen LogP contribution in [0.3, 0.4) is 0 Å². The monoisotopic (exact) mass is 689 g/mol. The van der Waals surface area contributed by atoms with Crippen LogP contribution < -0.4 is 10.6 Å². The van der Waals surface area contributed by atoms with Gasteiger partial charge < -0.3 is 30.1 Å². The van der Waals surface area contributed by atoms with Crippen molar-refractivity contribution >= 4 is 35.5 Å². The molecule has 6 atom stereocenters. The summed E-state index contributed by atoms with van der Waals surface area (Å²) in [5.74, 6) is -2.98. The number of amides is 5. The maximum absolute atomic E-state index is 13.8. The first-order valence-corrected chi connectivity index (χ1v) is 18.0. The lowest BCUT2D eigenvalue weighted by molar-refractivity contribution is -0.162. The summed E-state index contributed by atoms with van der Waals surface area (Å²) >= 11 is 0. The summed E-state index contributed by atoms with van der Waals surface area (Å²) in [4.78, 5) is 85.2. The van der Waals surface area contributed by atoms with Crippen LogP contribution in [0.1, 0.15) is 108 Å². The van der Waals surface area contributed by atoms with Crippen molar-refractivity contribution < 1.29 is 33.5 Å². The largest absolute Gasteiger partial charge is 0.456 e. The van der Waals surface area contributed by atoms with Gasteiger partial charge in [-0.2, -0.15) is 0 Å². The van der Waals surface area contributed by atoms with Gasteiger partial charge in [-0.25, -0.2) is 4.79 Å². The molecular formula is C37H63N5O7. The van der Waals surface area contributed by atoms with Gasteiger partial charge in [-0.1, -0.05) is 61.0 Å². The average Bonchev–Trinajstić information content (AvgIpc) is 3.51. The van der Waals surface area contributed by atoms with E-state index >= 15 is 0 Å². The summed E-state index contributed by atoms with van der Waals surface area (Å²) in [6, 6.07) is -3.41. The molecule has 0 saturated carbocycles. The van der Waals surface area contributed by atoms with Crippen LogP contribution in [0.4, 0.5) is 0 Å². The molecule has 12 heteroatoms. The molecule has 2 rings (SSSR count). The van der Waals surface area contributed by atoms with Crippen molar-refractivity contribution in [3.63, 3.8) is 0 Å². The molecule has 0 aromatic heterocycles. The number of allylic oxidation sites excluding steroid dienone is 1. The molecule has 0 spiro atoms. The van der Waals surface area contributed by atoms with Crippen molar-refractivity contribution in [2.75, 3.05) is 27.2 Å². The van der Waals surface area contributed by atoms with Gasteiger partial charge in [0.05, 0.1) is 6.54 Å². The number of carbonyl (C=O) groups is 6. The van der Waals surface area contributed by atoms with Gasteiger partial charge in [-0.05, 0) is 70.3 Å². The molecule has 0 aromatic carbocycles. The van der Waals surface area contributed by atoms with Crippen molar-refractivity contribution in [3.8, 4) is 0 Å². The van der Waals surface area contributed by atoms with Gasteiger partial charge in [0.25, 0.3) is 0 Å². The Balaban J connectivity index is 2.48. The van der Waals surface area contributed by atoms with Gasteiger partial charge in [-0.3, -0.25) is 24.0 Å². The molecule has 0 radical (unpaired) electrons. The van der Waals surface area contributed by atoms with E-state index in [1.165, 1.54) is 16.8 Å². The predicted octanol–water partition coefficient (Wildman–Crippen LogP) is 3.68. The van der Waals surface area contributed by atoms with Crippen LogP contribution in [0, 0.1) is 23.2 Å². The van der Waals surface area contributed by atoms with E-state index in [-0.39, 0.29) is 29.6 Å². The Hall–Kier alpha value is -3.44. The van der Waals surface area contributed by atoms with Crippen molar-refractivity contribution in [2.24, 2.45) is 23.2 Å². The fourth-order valence-corrected chi connectivity index (χ4v) is 6.27. The zero-order valence-electron chi connectivity index (χ0n) is 32.1. The molecule has 6 unspecified atom stereocenters. The average molecular weight is 690 g/mol. The van der Waals surface area contributed by atoms with Crippen LogP contribution in [0.2, 0.25) is 0 Å². The maximum Gasteiger partial charge on any atom is 0.329 e. The number of rotatable bonds is 3. The minimum absolute atomic E-state index is 0.0739. The molecule has 1 fully saturated rings. The third-order valence-electron chi connectivity index (χ3n) is 9.78. The number of fused-ring (bicyclic) bond motifs is 1. The van der Waals surface area contributed by atoms with E-state index < -0.39 is 65.9 Å². The zero-order chi connectivity index (χ0) is 37.4. The third-order valence-corrected chi connectivity index (χ3v) is 9.78. The summed E-state index contributed by atoms with van der Waals surface area (Å²) in [5.41, 5.74) is 0.595. The molecule has 0 aromatic rings. The minimum Gasteiger partial charge on any atom is -0.456 e. The SMILES string of the molecule is CC1=CC(C(C)(C)C)OC(=O)C(CC(C)C)N(C)C(=O)C(C)N(C)C(=O)CNC(=O)C(C(C)C)NC(=O)C2CCCN2C(=O)C(C)CCC1. The quantitative estimate of drug-likeness (QED) is 0.340. The smallest absolute Gasteiger partial charge is 0.329 e. The van der Waals surface area contributed by atoms with Crippen LogP contribution >= 0.6 is 0 Å². The van der Waals surface area contributed by atoms with Crippen LogP contribution in [-0.2, 0) is 33.5 Å². The normalized spacial score (nSPS) is 28.6. The highest BCUT2D eigenvalue weighted by atomic mass is 16.5. The number of likely N-dealkylation sites (N-methyl/N-ethyl adjacent to an activating group) is 2. The third kappa shape index (κ3) is 11.6. The Bertz CT molecular complexity index is 1240. The van der Waals surface area contributed by atoms with Crippen molar-refractivity contribution in [2.45, 2.75) is 138 Å². The molecular weight excluding hydrogens is 626 g/mol. The molecule has 2 aliphatic rings. The molecule has 1 saturated heterocycles. The first-order valence-electron chi connectivity index (χ1n) is 18.0. The lowest BCUT2D eigenvalue weighted by atomic mass is 9.87. The number of nitrogens with zero attached hydrogens (tertiary/aromatic N) is 3. The van der Waals surface area contributed by atoms with Crippen molar-refractivity contribution in [1.82, 2.24) is 25.3 Å². The lowest BCUT2D eigenvalue weighted by Crippen LogP contribution is -2.57. The first-order chi connectivity index (χ1) is 22.7. The molecule has 0 bridgehead atoms. The van der Waals surface area contributed by atoms with E-state index in [2.05, 4.69) is 10.6 Å². The van der Waals surface area contributed by atoms with E-state index in [0.717, 1.165) is 12.0 Å². The van der Waals surface area contributed by atoms with E-state index in [9.17, 15) is 28.8 Å². The van der Waals surface area contributed by atoms with E-state index in [1.54, 1.807) is 32.7 Å². The second kappa shape index (κ2) is 18.0. The Morgan fingerprint density at radius 2 is 1.53 bits per heavy atom. The van der Waals surface area contributed by atoms with Crippen LogP contribution in [0.25, 0.3) is 0 Å². The molecule has 49 heavy (non-hydrogen) atoms.